The van der Waals surface area contributed by atoms with Gasteiger partial charge in [0.05, 0.1) is 18.4 Å². The fourth-order valence-electron chi connectivity index (χ4n) is 1.70. The van der Waals surface area contributed by atoms with Crippen molar-refractivity contribution in [2.24, 2.45) is 0 Å². The first-order valence-electron chi connectivity index (χ1n) is 5.94. The van der Waals surface area contributed by atoms with Gasteiger partial charge in [0, 0.05) is 4.90 Å². The number of hydrogen-bond acceptors (Lipinski definition) is 4. The summed E-state index contributed by atoms with van der Waals surface area (Å²) in [6.45, 7) is 0. The van der Waals surface area contributed by atoms with Crippen LogP contribution in [0.4, 0.5) is 0 Å². The maximum Gasteiger partial charge on any atom is 0.307 e. The third-order valence-electron chi connectivity index (χ3n) is 2.67. The summed E-state index contributed by atoms with van der Waals surface area (Å²) in [6, 6.07) is 12.4. The van der Waals surface area contributed by atoms with Crippen LogP contribution in [-0.4, -0.2) is 23.3 Å². The van der Waals surface area contributed by atoms with Crippen molar-refractivity contribution in [3.05, 3.63) is 48.0 Å². The molecule has 0 aromatic heterocycles. The number of phenolic OH excluding ortho intramolecular Hbond substituents is 1. The van der Waals surface area contributed by atoms with Crippen molar-refractivity contribution in [3.63, 3.8) is 0 Å². The Bertz CT molecular complexity index is 608. The van der Waals surface area contributed by atoms with E-state index in [0.717, 1.165) is 10.6 Å². The Labute approximate surface area is 121 Å². The molecule has 0 amide bonds. The van der Waals surface area contributed by atoms with Crippen molar-refractivity contribution < 1.29 is 19.7 Å². The van der Waals surface area contributed by atoms with Gasteiger partial charge in [-0.1, -0.05) is 17.8 Å². The predicted molar refractivity (Wildman–Crippen MR) is 76.6 cm³/mol. The molecule has 0 unspecified atom stereocenters. The molecule has 2 N–H and O–H groups in total. The van der Waals surface area contributed by atoms with Crippen molar-refractivity contribution >= 4 is 17.7 Å². The van der Waals surface area contributed by atoms with Crippen LogP contribution < -0.4 is 4.74 Å². The second-order valence-electron chi connectivity index (χ2n) is 4.15. The quantitative estimate of drug-likeness (QED) is 0.885. The Hall–Kier alpha value is -2.14. The molecule has 0 saturated heterocycles. The lowest BCUT2D eigenvalue weighted by Crippen LogP contribution is -1.99. The van der Waals surface area contributed by atoms with Crippen molar-refractivity contribution in [2.75, 3.05) is 7.11 Å². The second kappa shape index (κ2) is 6.34. The van der Waals surface area contributed by atoms with E-state index in [1.165, 1.54) is 17.8 Å². The van der Waals surface area contributed by atoms with Gasteiger partial charge in [-0.05, 0) is 42.0 Å². The smallest absolute Gasteiger partial charge is 0.307 e. The third-order valence-corrected chi connectivity index (χ3v) is 3.74. The van der Waals surface area contributed by atoms with E-state index in [2.05, 4.69) is 0 Å². The Morgan fingerprint density at radius 1 is 1.20 bits per heavy atom. The summed E-state index contributed by atoms with van der Waals surface area (Å²) in [4.78, 5) is 12.3. The summed E-state index contributed by atoms with van der Waals surface area (Å²) in [5.74, 6) is -0.0556. The minimum Gasteiger partial charge on any atom is -0.507 e. The lowest BCUT2D eigenvalue weighted by Gasteiger charge is -2.07. The van der Waals surface area contributed by atoms with Gasteiger partial charge in [-0.2, -0.15) is 0 Å². The SMILES string of the molecule is COc1ccc(Sc2ccc(CC(=O)O)cc2O)cc1. The largest absolute Gasteiger partial charge is 0.507 e. The molecule has 0 aliphatic rings. The molecule has 0 heterocycles. The minimum absolute atomic E-state index is 0.0876. The molecule has 0 atom stereocenters. The molecule has 0 spiro atoms. The highest BCUT2D eigenvalue weighted by Crippen LogP contribution is 2.35. The molecule has 104 valence electrons. The zero-order valence-corrected chi connectivity index (χ0v) is 11.7. The van der Waals surface area contributed by atoms with Gasteiger partial charge in [0.15, 0.2) is 0 Å². The topological polar surface area (TPSA) is 66.8 Å². The molecule has 0 aliphatic heterocycles. The van der Waals surface area contributed by atoms with E-state index in [9.17, 15) is 9.90 Å². The molecule has 4 nitrogen and oxygen atoms in total. The highest BCUT2D eigenvalue weighted by molar-refractivity contribution is 7.99. The number of aliphatic carboxylic acids is 1. The van der Waals surface area contributed by atoms with E-state index in [1.807, 2.05) is 24.3 Å². The number of hydrogen-bond donors (Lipinski definition) is 2. The van der Waals surface area contributed by atoms with Crippen LogP contribution in [0.15, 0.2) is 52.3 Å². The fraction of sp³-hybridized carbons (Fsp3) is 0.133. The van der Waals surface area contributed by atoms with Crippen LogP contribution in [-0.2, 0) is 11.2 Å². The first-order chi connectivity index (χ1) is 9.58. The van der Waals surface area contributed by atoms with Crippen molar-refractivity contribution in [1.82, 2.24) is 0 Å². The van der Waals surface area contributed by atoms with E-state index < -0.39 is 5.97 Å². The molecule has 5 heteroatoms. The van der Waals surface area contributed by atoms with Gasteiger partial charge in [0.2, 0.25) is 0 Å². The molecule has 0 saturated carbocycles. The number of phenols is 1. The molecule has 0 bridgehead atoms. The Balaban J connectivity index is 2.14. The van der Waals surface area contributed by atoms with Gasteiger partial charge >= 0.3 is 5.97 Å². The van der Waals surface area contributed by atoms with E-state index in [4.69, 9.17) is 9.84 Å². The number of carbonyl (C=O) groups is 1. The number of rotatable bonds is 5. The van der Waals surface area contributed by atoms with Crippen LogP contribution in [0.5, 0.6) is 11.5 Å². The third kappa shape index (κ3) is 3.68. The van der Waals surface area contributed by atoms with Gasteiger partial charge in [-0.15, -0.1) is 0 Å². The maximum absolute atomic E-state index is 10.6. The van der Waals surface area contributed by atoms with Crippen LogP contribution in [0.1, 0.15) is 5.56 Å². The summed E-state index contributed by atoms with van der Waals surface area (Å²) in [6.07, 6.45) is -0.0962. The Kier molecular flexibility index (Phi) is 4.53. The van der Waals surface area contributed by atoms with Crippen molar-refractivity contribution in [2.45, 2.75) is 16.2 Å². The molecule has 2 rings (SSSR count). The average molecular weight is 290 g/mol. The second-order valence-corrected chi connectivity index (χ2v) is 5.27. The number of ether oxygens (including phenoxy) is 1. The van der Waals surface area contributed by atoms with Gasteiger partial charge in [0.1, 0.15) is 11.5 Å². The lowest BCUT2D eigenvalue weighted by molar-refractivity contribution is -0.136. The molecule has 2 aromatic carbocycles. The summed E-state index contributed by atoms with van der Waals surface area (Å²) in [5.41, 5.74) is 0.578. The highest BCUT2D eigenvalue weighted by Gasteiger charge is 2.07. The van der Waals surface area contributed by atoms with Crippen molar-refractivity contribution in [3.8, 4) is 11.5 Å². The van der Waals surface area contributed by atoms with Crippen LogP contribution in [0.3, 0.4) is 0 Å². The summed E-state index contributed by atoms with van der Waals surface area (Å²) >= 11 is 1.41. The zero-order chi connectivity index (χ0) is 14.5. The Morgan fingerprint density at radius 2 is 1.90 bits per heavy atom. The van der Waals surface area contributed by atoms with Crippen LogP contribution in [0.2, 0.25) is 0 Å². The van der Waals surface area contributed by atoms with Gasteiger partial charge in [-0.25, -0.2) is 0 Å². The predicted octanol–water partition coefficient (Wildman–Crippen LogP) is 3.18. The first-order valence-corrected chi connectivity index (χ1v) is 6.75. The molecule has 0 radical (unpaired) electrons. The van der Waals surface area contributed by atoms with E-state index in [1.54, 1.807) is 19.2 Å². The average Bonchev–Trinajstić information content (AvgIpc) is 2.42. The molecule has 0 aliphatic carbocycles. The minimum atomic E-state index is -0.917. The molecule has 0 fully saturated rings. The van der Waals surface area contributed by atoms with Crippen molar-refractivity contribution in [1.29, 1.82) is 0 Å². The monoisotopic (exact) mass is 290 g/mol. The summed E-state index contributed by atoms with van der Waals surface area (Å²) in [5, 5.41) is 18.6. The summed E-state index contributed by atoms with van der Waals surface area (Å²) in [7, 11) is 1.61. The van der Waals surface area contributed by atoms with Gasteiger partial charge in [0.25, 0.3) is 0 Å². The normalized spacial score (nSPS) is 10.2. The lowest BCUT2D eigenvalue weighted by atomic mass is 10.1. The van der Waals surface area contributed by atoms with Crippen LogP contribution >= 0.6 is 11.8 Å². The standard InChI is InChI=1S/C15H14O4S/c1-19-11-3-5-12(6-4-11)20-14-7-2-10(8-13(14)16)9-15(17)18/h2-8,16H,9H2,1H3,(H,17,18). The van der Waals surface area contributed by atoms with Crippen LogP contribution in [0, 0.1) is 0 Å². The zero-order valence-electron chi connectivity index (χ0n) is 10.9. The molecule has 20 heavy (non-hydrogen) atoms. The summed E-state index contributed by atoms with van der Waals surface area (Å²) < 4.78 is 5.08. The van der Waals surface area contributed by atoms with E-state index >= 15 is 0 Å². The molecular formula is C15H14O4S. The number of carboxylic acids is 1. The van der Waals surface area contributed by atoms with Gasteiger partial charge in [-0.3, -0.25) is 4.79 Å². The first kappa shape index (κ1) is 14.3. The molecular weight excluding hydrogens is 276 g/mol. The number of methoxy groups -OCH3 is 1. The number of aromatic hydroxyl groups is 1. The van der Waals surface area contributed by atoms with Crippen LogP contribution in [0.25, 0.3) is 0 Å². The van der Waals surface area contributed by atoms with Gasteiger partial charge < -0.3 is 14.9 Å². The number of carboxylic acid groups (broad SMARTS) is 1. The van der Waals surface area contributed by atoms with E-state index in [0.29, 0.717) is 10.5 Å². The Morgan fingerprint density at radius 3 is 2.45 bits per heavy atom. The number of benzene rings is 2. The molecule has 2 aromatic rings. The highest BCUT2D eigenvalue weighted by atomic mass is 32.2. The fourth-order valence-corrected chi connectivity index (χ4v) is 2.53. The maximum atomic E-state index is 10.6. The van der Waals surface area contributed by atoms with E-state index in [-0.39, 0.29) is 12.2 Å².